The summed E-state index contributed by atoms with van der Waals surface area (Å²) < 4.78 is 28.6. The number of para-hydroxylation sites is 1. The van der Waals surface area contributed by atoms with E-state index in [2.05, 4.69) is 0 Å². The predicted octanol–water partition coefficient (Wildman–Crippen LogP) is 5.89. The van der Waals surface area contributed by atoms with E-state index >= 15 is 0 Å². The summed E-state index contributed by atoms with van der Waals surface area (Å²) in [6.45, 7) is 2.73. The summed E-state index contributed by atoms with van der Waals surface area (Å²) in [5.74, 6) is -0.0440. The molecule has 2 aromatic carbocycles. The second-order valence-corrected chi connectivity index (χ2v) is 10.6. The van der Waals surface area contributed by atoms with E-state index in [1.807, 2.05) is 24.3 Å². The molecule has 0 radical (unpaired) electrons. The Kier molecular flexibility index (Phi) is 8.39. The summed E-state index contributed by atoms with van der Waals surface area (Å²) in [5.41, 5.74) is 1.56. The molecule has 0 saturated carbocycles. The first-order valence-corrected chi connectivity index (χ1v) is 12.8. The van der Waals surface area contributed by atoms with Crippen molar-refractivity contribution in [1.82, 2.24) is 4.31 Å². The van der Waals surface area contributed by atoms with Crippen molar-refractivity contribution in [1.29, 1.82) is 0 Å². The van der Waals surface area contributed by atoms with Crippen LogP contribution in [0.5, 0.6) is 0 Å². The molecule has 5 nitrogen and oxygen atoms in total. The molecular formula is C23H28Cl2N2O3S. The molecule has 168 valence electrons. The number of hydrogen-bond acceptors (Lipinski definition) is 3. The predicted molar refractivity (Wildman–Crippen MR) is 126 cm³/mol. The Morgan fingerprint density at radius 2 is 1.55 bits per heavy atom. The number of anilines is 1. The van der Waals surface area contributed by atoms with E-state index in [1.54, 1.807) is 11.8 Å². The average molecular weight is 483 g/mol. The molecule has 1 aliphatic heterocycles. The third-order valence-corrected chi connectivity index (χ3v) is 8.12. The molecular weight excluding hydrogens is 455 g/mol. The minimum atomic E-state index is -3.85. The lowest BCUT2D eigenvalue weighted by molar-refractivity contribution is -0.116. The molecule has 0 atom stereocenters. The van der Waals surface area contributed by atoms with E-state index in [0.29, 0.717) is 18.1 Å². The number of carbonyl (C=O) groups is 1. The minimum absolute atomic E-state index is 0.0440. The first-order valence-electron chi connectivity index (χ1n) is 10.6. The number of fused-ring (bicyclic) bond motifs is 1. The van der Waals surface area contributed by atoms with Crippen LogP contribution >= 0.6 is 23.2 Å². The number of amides is 1. The molecule has 1 heterocycles. The highest BCUT2D eigenvalue weighted by atomic mass is 35.5. The van der Waals surface area contributed by atoms with Crippen molar-refractivity contribution < 1.29 is 13.2 Å². The monoisotopic (exact) mass is 482 g/mol. The van der Waals surface area contributed by atoms with Gasteiger partial charge in [-0.3, -0.25) is 4.79 Å². The van der Waals surface area contributed by atoms with E-state index in [1.165, 1.54) is 22.5 Å². The Labute approximate surface area is 195 Å². The summed E-state index contributed by atoms with van der Waals surface area (Å²) in [6, 6.07) is 12.0. The first kappa shape index (κ1) is 24.1. The molecule has 0 spiro atoms. The summed E-state index contributed by atoms with van der Waals surface area (Å²) in [7, 11) is -3.85. The molecule has 3 rings (SSSR count). The van der Waals surface area contributed by atoms with Gasteiger partial charge in [0.15, 0.2) is 0 Å². The number of benzene rings is 2. The van der Waals surface area contributed by atoms with Gasteiger partial charge in [-0.15, -0.1) is 0 Å². The number of carbonyl (C=O) groups excluding carboxylic acids is 1. The van der Waals surface area contributed by atoms with Gasteiger partial charge in [-0.1, -0.05) is 67.1 Å². The van der Waals surface area contributed by atoms with Crippen LogP contribution < -0.4 is 4.90 Å². The van der Waals surface area contributed by atoms with E-state index in [9.17, 15) is 13.2 Å². The van der Waals surface area contributed by atoms with Crippen LogP contribution in [-0.2, 0) is 21.4 Å². The molecule has 0 saturated heterocycles. The number of hydrogen-bond donors (Lipinski definition) is 0. The summed E-state index contributed by atoms with van der Waals surface area (Å²) >= 11 is 12.2. The van der Waals surface area contributed by atoms with Crippen molar-refractivity contribution in [3.05, 3.63) is 58.1 Å². The number of halogens is 2. The fraction of sp³-hybridized carbons (Fsp3) is 0.435. The van der Waals surface area contributed by atoms with Crippen LogP contribution in [0.25, 0.3) is 0 Å². The SMILES string of the molecule is CC(=O)N1CCCCCCCCN(S(=O)(=O)c2ccc(Cl)cc2Cl)Cc2ccccc21. The van der Waals surface area contributed by atoms with Crippen LogP contribution in [0.3, 0.4) is 0 Å². The summed E-state index contributed by atoms with van der Waals surface area (Å²) in [5, 5.41) is 0.491. The maximum atomic E-state index is 13.5. The summed E-state index contributed by atoms with van der Waals surface area (Å²) in [6.07, 6.45) is 5.82. The quantitative estimate of drug-likeness (QED) is 0.535. The molecule has 0 fully saturated rings. The van der Waals surface area contributed by atoms with Gasteiger partial charge >= 0.3 is 0 Å². The number of sulfonamides is 1. The second-order valence-electron chi connectivity index (χ2n) is 7.83. The molecule has 0 aliphatic carbocycles. The van der Waals surface area contributed by atoms with Crippen LogP contribution in [0.15, 0.2) is 47.4 Å². The normalized spacial score (nSPS) is 17.2. The fourth-order valence-electron chi connectivity index (χ4n) is 3.92. The summed E-state index contributed by atoms with van der Waals surface area (Å²) in [4.78, 5) is 14.2. The van der Waals surface area contributed by atoms with Crippen molar-refractivity contribution >= 4 is 44.8 Å². The molecule has 1 amide bonds. The lowest BCUT2D eigenvalue weighted by Crippen LogP contribution is -2.34. The second kappa shape index (κ2) is 10.8. The maximum Gasteiger partial charge on any atom is 0.244 e. The third kappa shape index (κ3) is 6.01. The van der Waals surface area contributed by atoms with Gasteiger partial charge < -0.3 is 4.90 Å². The molecule has 31 heavy (non-hydrogen) atoms. The smallest absolute Gasteiger partial charge is 0.244 e. The van der Waals surface area contributed by atoms with Gasteiger partial charge in [0.25, 0.3) is 0 Å². The van der Waals surface area contributed by atoms with Crippen molar-refractivity contribution in [3.8, 4) is 0 Å². The van der Waals surface area contributed by atoms with Crippen molar-refractivity contribution in [2.75, 3.05) is 18.0 Å². The Morgan fingerprint density at radius 3 is 2.23 bits per heavy atom. The number of nitrogens with zero attached hydrogens (tertiary/aromatic N) is 2. The Morgan fingerprint density at radius 1 is 0.903 bits per heavy atom. The average Bonchev–Trinajstić information content (AvgIpc) is 2.73. The minimum Gasteiger partial charge on any atom is -0.312 e. The van der Waals surface area contributed by atoms with Crippen molar-refractivity contribution in [2.24, 2.45) is 0 Å². The van der Waals surface area contributed by atoms with Gasteiger partial charge in [-0.05, 0) is 42.7 Å². The lowest BCUT2D eigenvalue weighted by atomic mass is 10.1. The van der Waals surface area contributed by atoms with Crippen LogP contribution in [-0.4, -0.2) is 31.7 Å². The van der Waals surface area contributed by atoms with Gasteiger partial charge in [-0.2, -0.15) is 4.31 Å². The molecule has 2 aromatic rings. The molecule has 0 N–H and O–H groups in total. The Hall–Kier alpha value is -1.60. The Balaban J connectivity index is 2.03. The topological polar surface area (TPSA) is 57.7 Å². The molecule has 0 bridgehead atoms. The highest BCUT2D eigenvalue weighted by molar-refractivity contribution is 7.89. The zero-order valence-electron chi connectivity index (χ0n) is 17.7. The molecule has 0 aromatic heterocycles. The lowest BCUT2D eigenvalue weighted by Gasteiger charge is -2.27. The molecule has 8 heteroatoms. The van der Waals surface area contributed by atoms with E-state index < -0.39 is 10.0 Å². The maximum absolute atomic E-state index is 13.5. The van der Waals surface area contributed by atoms with Gasteiger partial charge in [0, 0.05) is 37.3 Å². The highest BCUT2D eigenvalue weighted by Crippen LogP contribution is 2.31. The van der Waals surface area contributed by atoms with E-state index in [-0.39, 0.29) is 22.4 Å². The third-order valence-electron chi connectivity index (χ3n) is 5.56. The van der Waals surface area contributed by atoms with Gasteiger partial charge in [0.2, 0.25) is 15.9 Å². The van der Waals surface area contributed by atoms with Crippen LogP contribution in [0.2, 0.25) is 10.0 Å². The van der Waals surface area contributed by atoms with Crippen LogP contribution in [0, 0.1) is 0 Å². The van der Waals surface area contributed by atoms with E-state index in [4.69, 9.17) is 23.2 Å². The van der Waals surface area contributed by atoms with Crippen molar-refractivity contribution in [2.45, 2.75) is 56.9 Å². The van der Waals surface area contributed by atoms with Gasteiger partial charge in [0.1, 0.15) is 4.90 Å². The zero-order valence-corrected chi connectivity index (χ0v) is 20.0. The van der Waals surface area contributed by atoms with Gasteiger partial charge in [-0.25, -0.2) is 8.42 Å². The highest BCUT2D eigenvalue weighted by Gasteiger charge is 2.28. The zero-order chi connectivity index (χ0) is 22.4. The molecule has 0 unspecified atom stereocenters. The molecule has 1 aliphatic rings. The fourth-order valence-corrected chi connectivity index (χ4v) is 6.12. The standard InChI is InChI=1S/C23H28Cl2N2O3S/c1-18(28)27-15-9-5-3-2-4-8-14-26(17-19-10-6-7-11-22(19)27)31(29,30)23-13-12-20(24)16-21(23)25/h6-7,10-13,16H,2-5,8-9,14-15,17H2,1H3. The van der Waals surface area contributed by atoms with Crippen LogP contribution in [0.4, 0.5) is 5.69 Å². The Bertz CT molecular complexity index is 1030. The van der Waals surface area contributed by atoms with Crippen molar-refractivity contribution in [3.63, 3.8) is 0 Å². The first-order chi connectivity index (χ1) is 14.8. The largest absolute Gasteiger partial charge is 0.312 e. The van der Waals surface area contributed by atoms with Crippen LogP contribution in [0.1, 0.15) is 51.0 Å². The number of rotatable bonds is 2. The van der Waals surface area contributed by atoms with Gasteiger partial charge in [0.05, 0.1) is 5.02 Å². The van der Waals surface area contributed by atoms with E-state index in [0.717, 1.165) is 49.8 Å².